The number of aliphatic carboxylic acids is 1. The van der Waals surface area contributed by atoms with Crippen LogP contribution in [0.3, 0.4) is 0 Å². The molecule has 0 aliphatic heterocycles. The fraction of sp³-hybridized carbons (Fsp3) is 0.562. The summed E-state index contributed by atoms with van der Waals surface area (Å²) in [7, 11) is 2.03. The van der Waals surface area contributed by atoms with E-state index in [4.69, 9.17) is 5.73 Å². The van der Waals surface area contributed by atoms with Crippen molar-refractivity contribution in [3.05, 3.63) is 35.9 Å². The van der Waals surface area contributed by atoms with E-state index < -0.39 is 11.9 Å². The van der Waals surface area contributed by atoms with E-state index in [1.807, 2.05) is 37.4 Å². The Labute approximate surface area is 120 Å². The molecular formula is C16H24N2O2. The van der Waals surface area contributed by atoms with Gasteiger partial charge in [0.15, 0.2) is 0 Å². The summed E-state index contributed by atoms with van der Waals surface area (Å²) in [6.45, 7) is 0.555. The lowest BCUT2D eigenvalue weighted by atomic mass is 9.90. The molecule has 4 nitrogen and oxygen atoms in total. The lowest BCUT2D eigenvalue weighted by Crippen LogP contribution is -2.41. The lowest BCUT2D eigenvalue weighted by molar-refractivity contribution is -0.139. The predicted molar refractivity (Wildman–Crippen MR) is 79.7 cm³/mol. The smallest absolute Gasteiger partial charge is 0.312 e. The van der Waals surface area contributed by atoms with E-state index in [0.717, 1.165) is 31.2 Å². The van der Waals surface area contributed by atoms with Crippen LogP contribution in [0.1, 0.15) is 37.2 Å². The number of benzene rings is 1. The number of likely N-dealkylation sites (N-methyl/N-ethyl adjacent to an activating group) is 1. The molecule has 0 aromatic heterocycles. The van der Waals surface area contributed by atoms with Crippen LogP contribution in [0.2, 0.25) is 0 Å². The van der Waals surface area contributed by atoms with Crippen molar-refractivity contribution in [1.82, 2.24) is 4.90 Å². The number of nitrogens with two attached hydrogens (primary N) is 1. The summed E-state index contributed by atoms with van der Waals surface area (Å²) in [4.78, 5) is 13.7. The first-order chi connectivity index (χ1) is 9.58. The largest absolute Gasteiger partial charge is 0.481 e. The molecule has 20 heavy (non-hydrogen) atoms. The number of nitrogens with zero attached hydrogens (tertiary/aromatic N) is 1. The molecule has 1 saturated carbocycles. The number of rotatable bonds is 5. The van der Waals surface area contributed by atoms with Gasteiger partial charge in [-0.05, 0) is 38.3 Å². The molecule has 1 aromatic rings. The molecule has 0 radical (unpaired) electrons. The molecule has 1 fully saturated rings. The molecule has 1 unspecified atom stereocenters. The lowest BCUT2D eigenvalue weighted by Gasteiger charge is -2.34. The van der Waals surface area contributed by atoms with Crippen LogP contribution in [0.25, 0.3) is 0 Å². The van der Waals surface area contributed by atoms with Gasteiger partial charge in [-0.15, -0.1) is 0 Å². The first kappa shape index (κ1) is 15.0. The van der Waals surface area contributed by atoms with E-state index in [1.165, 1.54) is 0 Å². The Balaban J connectivity index is 2.00. The number of carboxylic acids is 1. The second-order valence-corrected chi connectivity index (χ2v) is 5.81. The van der Waals surface area contributed by atoms with E-state index in [1.54, 1.807) is 0 Å². The fourth-order valence-electron chi connectivity index (χ4n) is 2.99. The highest BCUT2D eigenvalue weighted by Gasteiger charge is 2.27. The van der Waals surface area contributed by atoms with E-state index in [9.17, 15) is 9.90 Å². The van der Waals surface area contributed by atoms with Crippen LogP contribution >= 0.6 is 0 Å². The van der Waals surface area contributed by atoms with Gasteiger partial charge in [0.05, 0.1) is 5.92 Å². The third kappa shape index (κ3) is 3.81. The SMILES string of the molecule is CN(CC(C(=O)O)c1ccccc1)C1CCC(N)CC1. The zero-order valence-corrected chi connectivity index (χ0v) is 12.0. The third-order valence-electron chi connectivity index (χ3n) is 4.34. The normalized spacial score (nSPS) is 24.6. The second kappa shape index (κ2) is 6.86. The Hall–Kier alpha value is -1.39. The van der Waals surface area contributed by atoms with Crippen molar-refractivity contribution >= 4 is 5.97 Å². The molecule has 3 N–H and O–H groups in total. The summed E-state index contributed by atoms with van der Waals surface area (Å²) < 4.78 is 0. The van der Waals surface area contributed by atoms with Crippen LogP contribution < -0.4 is 5.73 Å². The molecule has 4 heteroatoms. The van der Waals surface area contributed by atoms with Gasteiger partial charge in [0.25, 0.3) is 0 Å². The van der Waals surface area contributed by atoms with Crippen molar-refractivity contribution in [3.63, 3.8) is 0 Å². The summed E-state index contributed by atoms with van der Waals surface area (Å²) >= 11 is 0. The molecular weight excluding hydrogens is 252 g/mol. The van der Waals surface area contributed by atoms with Crippen LogP contribution in [0.4, 0.5) is 0 Å². The molecule has 0 amide bonds. The van der Waals surface area contributed by atoms with Gasteiger partial charge < -0.3 is 15.7 Å². The second-order valence-electron chi connectivity index (χ2n) is 5.81. The minimum atomic E-state index is -0.754. The van der Waals surface area contributed by atoms with Gasteiger partial charge in [0.1, 0.15) is 0 Å². The van der Waals surface area contributed by atoms with Crippen molar-refractivity contribution in [2.75, 3.05) is 13.6 Å². The summed E-state index contributed by atoms with van der Waals surface area (Å²) in [6, 6.07) is 10.3. The van der Waals surface area contributed by atoms with Gasteiger partial charge in [-0.3, -0.25) is 4.79 Å². The number of carbonyl (C=O) groups is 1. The topological polar surface area (TPSA) is 66.6 Å². The molecule has 0 heterocycles. The van der Waals surface area contributed by atoms with Gasteiger partial charge in [-0.2, -0.15) is 0 Å². The Morgan fingerprint density at radius 1 is 1.30 bits per heavy atom. The highest BCUT2D eigenvalue weighted by atomic mass is 16.4. The maximum atomic E-state index is 11.5. The molecule has 2 rings (SSSR count). The van der Waals surface area contributed by atoms with Gasteiger partial charge in [-0.1, -0.05) is 30.3 Å². The van der Waals surface area contributed by atoms with Crippen LogP contribution in [0, 0.1) is 0 Å². The average Bonchev–Trinajstić information content (AvgIpc) is 2.46. The number of hydrogen-bond donors (Lipinski definition) is 2. The summed E-state index contributed by atoms with van der Waals surface area (Å²) in [5.74, 6) is -1.22. The molecule has 110 valence electrons. The fourth-order valence-corrected chi connectivity index (χ4v) is 2.99. The molecule has 0 spiro atoms. The van der Waals surface area contributed by atoms with Crippen molar-refractivity contribution in [2.45, 2.75) is 43.7 Å². The van der Waals surface area contributed by atoms with Gasteiger partial charge in [0, 0.05) is 18.6 Å². The Morgan fingerprint density at radius 2 is 1.90 bits per heavy atom. The summed E-state index contributed by atoms with van der Waals surface area (Å²) in [6.07, 6.45) is 4.22. The van der Waals surface area contributed by atoms with Crippen LogP contribution in [0.15, 0.2) is 30.3 Å². The average molecular weight is 276 g/mol. The Bertz CT molecular complexity index is 427. The van der Waals surface area contributed by atoms with Crippen LogP contribution in [-0.2, 0) is 4.79 Å². The van der Waals surface area contributed by atoms with Crippen LogP contribution in [-0.4, -0.2) is 41.7 Å². The summed E-state index contributed by atoms with van der Waals surface area (Å²) in [5, 5.41) is 9.47. The van der Waals surface area contributed by atoms with Gasteiger partial charge in [0.2, 0.25) is 0 Å². The zero-order chi connectivity index (χ0) is 14.5. The first-order valence-electron chi connectivity index (χ1n) is 7.31. The van der Waals surface area contributed by atoms with E-state index >= 15 is 0 Å². The maximum absolute atomic E-state index is 11.5. The van der Waals surface area contributed by atoms with Crippen molar-refractivity contribution in [3.8, 4) is 0 Å². The predicted octanol–water partition coefficient (Wildman–Crippen LogP) is 2.06. The Morgan fingerprint density at radius 3 is 2.45 bits per heavy atom. The minimum absolute atomic E-state index is 0.323. The van der Waals surface area contributed by atoms with Crippen molar-refractivity contribution < 1.29 is 9.90 Å². The number of hydrogen-bond acceptors (Lipinski definition) is 3. The quantitative estimate of drug-likeness (QED) is 0.864. The minimum Gasteiger partial charge on any atom is -0.481 e. The Kier molecular flexibility index (Phi) is 5.15. The third-order valence-corrected chi connectivity index (χ3v) is 4.34. The van der Waals surface area contributed by atoms with E-state index in [0.29, 0.717) is 18.6 Å². The molecule has 1 atom stereocenters. The molecule has 1 aliphatic rings. The van der Waals surface area contributed by atoms with E-state index in [-0.39, 0.29) is 0 Å². The van der Waals surface area contributed by atoms with Crippen molar-refractivity contribution in [2.24, 2.45) is 5.73 Å². The maximum Gasteiger partial charge on any atom is 0.312 e. The van der Waals surface area contributed by atoms with Gasteiger partial charge >= 0.3 is 5.97 Å². The zero-order valence-electron chi connectivity index (χ0n) is 12.0. The first-order valence-corrected chi connectivity index (χ1v) is 7.31. The standard InChI is InChI=1S/C16H24N2O2/c1-18(14-9-7-13(17)8-10-14)11-15(16(19)20)12-5-3-2-4-6-12/h2-6,13-15H,7-11,17H2,1H3,(H,19,20). The van der Waals surface area contributed by atoms with Crippen LogP contribution in [0.5, 0.6) is 0 Å². The van der Waals surface area contributed by atoms with Crippen molar-refractivity contribution in [1.29, 1.82) is 0 Å². The highest BCUT2D eigenvalue weighted by molar-refractivity contribution is 5.76. The molecule has 0 saturated heterocycles. The summed E-state index contributed by atoms with van der Waals surface area (Å²) in [5.41, 5.74) is 6.80. The molecule has 0 bridgehead atoms. The monoisotopic (exact) mass is 276 g/mol. The number of carboxylic acid groups (broad SMARTS) is 1. The molecule has 1 aromatic carbocycles. The highest BCUT2D eigenvalue weighted by Crippen LogP contribution is 2.24. The van der Waals surface area contributed by atoms with Gasteiger partial charge in [-0.25, -0.2) is 0 Å². The molecule has 1 aliphatic carbocycles. The van der Waals surface area contributed by atoms with E-state index in [2.05, 4.69) is 4.90 Å².